The Morgan fingerprint density at radius 2 is 0.806 bits per heavy atom. The first-order valence-electron chi connectivity index (χ1n) is 11.8. The van der Waals surface area contributed by atoms with Crippen LogP contribution in [0, 0.1) is 35.5 Å². The third kappa shape index (κ3) is 4.93. The molecule has 0 aromatic rings. The largest absolute Gasteiger partial charge is 2.00 e. The molecule has 8 saturated carbocycles. The van der Waals surface area contributed by atoms with E-state index in [1.54, 1.807) is 0 Å². The van der Waals surface area contributed by atoms with E-state index < -0.39 is 11.9 Å². The molecule has 8 fully saturated rings. The minimum atomic E-state index is -1.15. The molecule has 8 aliphatic rings. The fraction of sp³-hybridized carbons (Fsp3) is 0.833. The van der Waals surface area contributed by atoms with Gasteiger partial charge in [-0.3, -0.25) is 9.98 Å². The number of hydrogen-bond donors (Lipinski definition) is 0. The number of carbonyl (C=O) groups is 2. The molecule has 6 nitrogen and oxygen atoms in total. The quantitative estimate of drug-likeness (QED) is 0.454. The van der Waals surface area contributed by atoms with Crippen LogP contribution in [-0.2, 0) is 26.7 Å². The summed E-state index contributed by atoms with van der Waals surface area (Å²) in [5, 5.41) is 20.9. The number of rotatable bonds is 4. The molecule has 7 heteroatoms. The molecule has 8 rings (SSSR count). The van der Waals surface area contributed by atoms with Gasteiger partial charge in [0.2, 0.25) is 0 Å². The van der Waals surface area contributed by atoms with E-state index >= 15 is 0 Å². The summed E-state index contributed by atoms with van der Waals surface area (Å²) in [7, 11) is 0. The second-order valence-corrected chi connectivity index (χ2v) is 11.4. The van der Waals surface area contributed by atoms with Crippen molar-refractivity contribution in [2.45, 2.75) is 88.1 Å². The first-order chi connectivity index (χ1) is 14.3. The van der Waals surface area contributed by atoms with E-state index in [9.17, 15) is 19.8 Å². The van der Waals surface area contributed by atoms with E-state index in [4.69, 9.17) is 0 Å². The number of carboxylic acid groups (broad SMARTS) is 2. The molecule has 8 aliphatic carbocycles. The van der Waals surface area contributed by atoms with Gasteiger partial charge in [-0.2, -0.15) is 0 Å². The first-order valence-corrected chi connectivity index (χ1v) is 11.8. The number of aliphatic imine (C=N–C) groups is 2. The van der Waals surface area contributed by atoms with E-state index in [2.05, 4.69) is 9.98 Å². The maximum atomic E-state index is 10.4. The number of nitrogens with zero attached hydrogens (tertiary/aromatic N) is 2. The van der Waals surface area contributed by atoms with Crippen molar-refractivity contribution >= 4 is 24.4 Å². The average Bonchev–Trinajstić information content (AvgIpc) is 2.63. The van der Waals surface area contributed by atoms with Crippen LogP contribution < -0.4 is 10.2 Å². The zero-order valence-electron chi connectivity index (χ0n) is 17.9. The SMILES string of the molecule is O=C([O-])C=NC12CC3CC(CC(C3)C1)C2.O=C([O-])C=NC12CC3CC(CC(C3)C1)C2.[Cu+2]. The molecule has 0 spiro atoms. The van der Waals surface area contributed by atoms with Crippen LogP contribution in [0.5, 0.6) is 0 Å². The molecule has 31 heavy (non-hydrogen) atoms. The van der Waals surface area contributed by atoms with Crippen molar-refractivity contribution in [1.82, 2.24) is 0 Å². The maximum absolute atomic E-state index is 10.4. The predicted octanol–water partition coefficient (Wildman–Crippen LogP) is 1.55. The van der Waals surface area contributed by atoms with Crippen molar-refractivity contribution in [2.24, 2.45) is 45.5 Å². The van der Waals surface area contributed by atoms with Gasteiger partial charge in [-0.05, 0) is 113 Å². The average molecular weight is 476 g/mol. The molecule has 0 unspecified atom stereocenters. The number of aliphatic carboxylic acids is 2. The van der Waals surface area contributed by atoms with Gasteiger partial charge in [-0.15, -0.1) is 0 Å². The fourth-order valence-electron chi connectivity index (χ4n) is 8.83. The van der Waals surface area contributed by atoms with Crippen molar-refractivity contribution in [3.63, 3.8) is 0 Å². The molecule has 8 bridgehead atoms. The van der Waals surface area contributed by atoms with E-state index in [-0.39, 0.29) is 28.1 Å². The third-order valence-corrected chi connectivity index (χ3v) is 8.90. The zero-order valence-corrected chi connectivity index (χ0v) is 18.9. The number of carboxylic acids is 2. The summed E-state index contributed by atoms with van der Waals surface area (Å²) in [6.45, 7) is 0. The first kappa shape index (κ1) is 23.0. The second kappa shape index (κ2) is 8.62. The Labute approximate surface area is 194 Å². The molecular weight excluding hydrogens is 444 g/mol. The Kier molecular flexibility index (Phi) is 6.39. The van der Waals surface area contributed by atoms with Crippen LogP contribution in [-0.4, -0.2) is 35.4 Å². The molecule has 0 saturated heterocycles. The van der Waals surface area contributed by atoms with Gasteiger partial charge in [-0.1, -0.05) is 0 Å². The summed E-state index contributed by atoms with van der Waals surface area (Å²) in [5.74, 6) is 2.59. The van der Waals surface area contributed by atoms with Crippen molar-refractivity contribution in [3.8, 4) is 0 Å². The van der Waals surface area contributed by atoms with Gasteiger partial charge in [0.1, 0.15) is 0 Å². The van der Waals surface area contributed by atoms with Crippen molar-refractivity contribution in [1.29, 1.82) is 0 Å². The molecule has 173 valence electrons. The molecule has 0 aromatic carbocycles. The summed E-state index contributed by atoms with van der Waals surface area (Å²) in [4.78, 5) is 29.5. The Balaban J connectivity index is 0.000000144. The van der Waals surface area contributed by atoms with Gasteiger partial charge in [-0.25, -0.2) is 0 Å². The van der Waals surface area contributed by atoms with Crippen LogP contribution in [0.3, 0.4) is 0 Å². The topological polar surface area (TPSA) is 105 Å². The fourth-order valence-corrected chi connectivity index (χ4v) is 8.83. The molecule has 0 amide bonds. The maximum Gasteiger partial charge on any atom is 2.00 e. The minimum absolute atomic E-state index is 0. The van der Waals surface area contributed by atoms with E-state index in [1.807, 2.05) is 0 Å². The van der Waals surface area contributed by atoms with Gasteiger partial charge in [0.15, 0.2) is 0 Å². The standard InChI is InChI=1S/2C12H17NO2.Cu/c2*14-11(15)7-13-12-4-8-1-9(5-12)3-10(2-8)6-12;/h2*7-10H,1-6H2,(H,14,15);/q;;+2/p-2. The summed E-state index contributed by atoms with van der Waals surface area (Å²) in [6, 6.07) is 0. The van der Waals surface area contributed by atoms with Gasteiger partial charge >= 0.3 is 17.1 Å². The van der Waals surface area contributed by atoms with Crippen LogP contribution in [0.1, 0.15) is 77.0 Å². The van der Waals surface area contributed by atoms with E-state index in [0.29, 0.717) is 0 Å². The Bertz CT molecular complexity index is 643. The van der Waals surface area contributed by atoms with Gasteiger partial charge in [0, 0.05) is 12.4 Å². The summed E-state index contributed by atoms with van der Waals surface area (Å²) in [6.07, 6.45) is 16.9. The smallest absolute Gasteiger partial charge is 0.544 e. The predicted molar refractivity (Wildman–Crippen MR) is 109 cm³/mol. The van der Waals surface area contributed by atoms with Gasteiger partial charge in [0.25, 0.3) is 0 Å². The molecule has 0 heterocycles. The number of carbonyl (C=O) groups excluding carboxylic acids is 2. The van der Waals surface area contributed by atoms with Crippen molar-refractivity contribution in [2.75, 3.05) is 0 Å². The van der Waals surface area contributed by atoms with E-state index in [0.717, 1.165) is 86.5 Å². The molecule has 0 atom stereocenters. The number of hydrogen-bond acceptors (Lipinski definition) is 6. The Morgan fingerprint density at radius 3 is 1.00 bits per heavy atom. The molecule has 0 aromatic heterocycles. The van der Waals surface area contributed by atoms with Crippen LogP contribution in [0.15, 0.2) is 9.98 Å². The van der Waals surface area contributed by atoms with Gasteiger partial charge in [0.05, 0.1) is 23.0 Å². The van der Waals surface area contributed by atoms with E-state index in [1.165, 1.54) is 38.5 Å². The van der Waals surface area contributed by atoms with Crippen LogP contribution >= 0.6 is 0 Å². The van der Waals surface area contributed by atoms with Crippen LogP contribution in [0.2, 0.25) is 0 Å². The molecular formula is C24H32CuN2O4. The zero-order chi connectivity index (χ0) is 20.9. The molecule has 1 radical (unpaired) electrons. The molecule has 0 N–H and O–H groups in total. The summed E-state index contributed by atoms with van der Waals surface area (Å²) < 4.78 is 0. The van der Waals surface area contributed by atoms with Crippen LogP contribution in [0.4, 0.5) is 0 Å². The monoisotopic (exact) mass is 475 g/mol. The minimum Gasteiger partial charge on any atom is -0.544 e. The van der Waals surface area contributed by atoms with Crippen molar-refractivity contribution in [3.05, 3.63) is 0 Å². The summed E-state index contributed by atoms with van der Waals surface area (Å²) in [5.41, 5.74) is -0.0381. The summed E-state index contributed by atoms with van der Waals surface area (Å²) >= 11 is 0. The normalized spacial score (nSPS) is 46.1. The third-order valence-electron chi connectivity index (χ3n) is 8.90. The van der Waals surface area contributed by atoms with Crippen LogP contribution in [0.25, 0.3) is 0 Å². The molecule has 0 aliphatic heterocycles. The Morgan fingerprint density at radius 1 is 0.581 bits per heavy atom. The van der Waals surface area contributed by atoms with Crippen molar-refractivity contribution < 1.29 is 36.9 Å². The Hall–Kier alpha value is -1.20. The van der Waals surface area contributed by atoms with Gasteiger partial charge < -0.3 is 19.8 Å². The second-order valence-electron chi connectivity index (χ2n) is 11.4.